The highest BCUT2D eigenvalue weighted by molar-refractivity contribution is 6.03. The van der Waals surface area contributed by atoms with Gasteiger partial charge in [0.05, 0.1) is 23.7 Å². The minimum Gasteiger partial charge on any atom is -0.508 e. The molecule has 1 aromatic carbocycles. The highest BCUT2D eigenvalue weighted by Crippen LogP contribution is 2.63. The Morgan fingerprint density at radius 1 is 1.32 bits per heavy atom. The summed E-state index contributed by atoms with van der Waals surface area (Å²) in [5.41, 5.74) is -0.533. The molecule has 2 aliphatic carbocycles. The number of carbonyl (C=O) groups excluding carboxylic acids is 1. The Kier molecular flexibility index (Phi) is 5.40. The molecule has 4 atom stereocenters. The number of fused-ring (bicyclic) bond motifs is 1. The smallest absolute Gasteiger partial charge is 0.255 e. The summed E-state index contributed by atoms with van der Waals surface area (Å²) in [7, 11) is 1.46. The quantitative estimate of drug-likeness (QED) is 0.342. The largest absolute Gasteiger partial charge is 0.508 e. The van der Waals surface area contributed by atoms with Gasteiger partial charge in [0.25, 0.3) is 5.91 Å². The van der Waals surface area contributed by atoms with Gasteiger partial charge in [-0.05, 0) is 63.6 Å². The van der Waals surface area contributed by atoms with E-state index in [1.807, 2.05) is 13.0 Å². The second-order valence-corrected chi connectivity index (χ2v) is 10.9. The maximum Gasteiger partial charge on any atom is 0.255 e. The number of carbonyl (C=O) groups is 1. The van der Waals surface area contributed by atoms with Crippen LogP contribution in [0.25, 0.3) is 0 Å². The van der Waals surface area contributed by atoms with Gasteiger partial charge in [0, 0.05) is 24.2 Å². The number of aliphatic hydroxyl groups excluding tert-OH is 1. The van der Waals surface area contributed by atoms with Crippen molar-refractivity contribution in [3.05, 3.63) is 47.0 Å². The van der Waals surface area contributed by atoms with E-state index in [0.29, 0.717) is 18.8 Å². The Hall–Kier alpha value is -3.37. The number of phenolic OH excluding ortho intramolecular Hbond substituents is 1. The van der Waals surface area contributed by atoms with Gasteiger partial charge in [-0.15, -0.1) is 0 Å². The predicted octanol–water partition coefficient (Wildman–Crippen LogP) is 2.45. The van der Waals surface area contributed by atoms with E-state index >= 15 is 0 Å². The summed E-state index contributed by atoms with van der Waals surface area (Å²) in [6, 6.07) is 4.79. The lowest BCUT2D eigenvalue weighted by Crippen LogP contribution is -2.73. The van der Waals surface area contributed by atoms with Crippen LogP contribution in [0.1, 0.15) is 44.2 Å². The van der Waals surface area contributed by atoms with Gasteiger partial charge in [0.2, 0.25) is 5.88 Å². The molecule has 4 N–H and O–H groups in total. The number of likely N-dealkylation sites (tertiary alicyclic amines) is 1. The second-order valence-electron chi connectivity index (χ2n) is 10.9. The molecule has 1 spiro atoms. The van der Waals surface area contributed by atoms with E-state index in [1.54, 1.807) is 6.07 Å². The lowest BCUT2D eigenvalue weighted by atomic mass is 9.53. The third-order valence-corrected chi connectivity index (χ3v) is 8.81. The van der Waals surface area contributed by atoms with Gasteiger partial charge in [0.1, 0.15) is 17.9 Å². The molecule has 0 radical (unpaired) electrons. The maximum atomic E-state index is 13.1. The third-order valence-electron chi connectivity index (χ3n) is 8.81. The number of amides is 1. The van der Waals surface area contributed by atoms with Gasteiger partial charge in [-0.1, -0.05) is 6.07 Å². The molecule has 3 heterocycles. The van der Waals surface area contributed by atoms with Crippen molar-refractivity contribution in [2.45, 2.75) is 62.7 Å². The Labute approximate surface area is 214 Å². The maximum absolute atomic E-state index is 13.1. The van der Waals surface area contributed by atoms with E-state index in [1.165, 1.54) is 39.3 Å². The van der Waals surface area contributed by atoms with Crippen LogP contribution in [0.5, 0.6) is 17.4 Å². The van der Waals surface area contributed by atoms with Crippen molar-refractivity contribution in [3.63, 3.8) is 0 Å². The predicted molar refractivity (Wildman–Crippen MR) is 134 cm³/mol. The molecule has 1 amide bonds. The van der Waals surface area contributed by atoms with Crippen LogP contribution in [-0.4, -0.2) is 74.0 Å². The first-order chi connectivity index (χ1) is 17.7. The molecule has 37 heavy (non-hydrogen) atoms. The summed E-state index contributed by atoms with van der Waals surface area (Å²) < 4.78 is 11.3. The first-order valence-corrected chi connectivity index (χ1v) is 12.7. The molecule has 2 bridgehead atoms. The summed E-state index contributed by atoms with van der Waals surface area (Å²) in [6.45, 7) is 4.98. The number of hydrogen-bond acceptors (Lipinski definition) is 9. The standard InChI is InChI=1S/C27H32N4O6/c1-14(25(34)30-19-11-20(36-3)29-13-28-19)22(33)24-27-8-9-31(12-15-4-5-15)18(26(27,2)35)10-16-6-7-17(32)23(37-24)21(16)27/h6-7,11,13,15,18,24,32-33,35H,4-5,8-10,12H2,1-3H3,(H,28,29,30,34)/b22-14-/t18-,24+,26-,27+/m1/s1. The van der Waals surface area contributed by atoms with Crippen LogP contribution in [0.2, 0.25) is 0 Å². The lowest BCUT2D eigenvalue weighted by Gasteiger charge is -2.59. The topological polar surface area (TPSA) is 137 Å². The zero-order valence-electron chi connectivity index (χ0n) is 21.2. The van der Waals surface area contributed by atoms with Crippen molar-refractivity contribution < 1.29 is 29.6 Å². The Balaban J connectivity index is 1.40. The average Bonchev–Trinajstić information content (AvgIpc) is 3.62. The van der Waals surface area contributed by atoms with Crippen molar-refractivity contribution >= 4 is 11.7 Å². The number of nitrogens with one attached hydrogen (secondary N) is 1. The highest BCUT2D eigenvalue weighted by Gasteiger charge is 2.69. The number of hydrogen-bond donors (Lipinski definition) is 4. The molecule has 196 valence electrons. The van der Waals surface area contributed by atoms with E-state index in [0.717, 1.165) is 24.2 Å². The van der Waals surface area contributed by atoms with E-state index in [-0.39, 0.29) is 40.6 Å². The van der Waals surface area contributed by atoms with Crippen LogP contribution in [0.4, 0.5) is 5.82 Å². The van der Waals surface area contributed by atoms with Crippen molar-refractivity contribution in [2.75, 3.05) is 25.5 Å². The SMILES string of the molecule is COc1cc(NC(=O)/C(C)=C(\O)[C@@H]2Oc3c(O)ccc4c3[C@@]23CCN(CC2CC2)[C@H](C4)[C@@]3(C)O)ncn1. The number of phenols is 1. The summed E-state index contributed by atoms with van der Waals surface area (Å²) in [5, 5.41) is 37.1. The van der Waals surface area contributed by atoms with Crippen LogP contribution >= 0.6 is 0 Å². The molecule has 1 saturated carbocycles. The molecular weight excluding hydrogens is 476 g/mol. The zero-order valence-corrected chi connectivity index (χ0v) is 21.2. The summed E-state index contributed by atoms with van der Waals surface area (Å²) >= 11 is 0. The fraction of sp³-hybridized carbons (Fsp3) is 0.519. The number of methoxy groups -OCH3 is 1. The molecule has 2 aromatic rings. The van der Waals surface area contributed by atoms with Crippen LogP contribution in [0.3, 0.4) is 0 Å². The fourth-order valence-corrected chi connectivity index (χ4v) is 6.62. The first-order valence-electron chi connectivity index (χ1n) is 12.7. The number of aromatic nitrogens is 2. The zero-order chi connectivity index (χ0) is 26.1. The Bertz CT molecular complexity index is 1310. The van der Waals surface area contributed by atoms with Crippen molar-refractivity contribution in [2.24, 2.45) is 5.92 Å². The number of rotatable bonds is 6. The number of aliphatic hydroxyl groups is 2. The van der Waals surface area contributed by atoms with Crippen LogP contribution < -0.4 is 14.8 Å². The molecule has 6 rings (SSSR count). The number of benzene rings is 1. The van der Waals surface area contributed by atoms with Crippen molar-refractivity contribution in [1.82, 2.24) is 14.9 Å². The number of aromatic hydroxyl groups is 1. The highest BCUT2D eigenvalue weighted by atomic mass is 16.5. The third kappa shape index (κ3) is 3.49. The van der Waals surface area contributed by atoms with Crippen LogP contribution in [0, 0.1) is 5.92 Å². The summed E-state index contributed by atoms with van der Waals surface area (Å²) in [6.07, 6.45) is 3.79. The van der Waals surface area contributed by atoms with E-state index < -0.39 is 23.0 Å². The number of piperidine rings is 1. The van der Waals surface area contributed by atoms with Crippen molar-refractivity contribution in [1.29, 1.82) is 0 Å². The Morgan fingerprint density at radius 3 is 2.84 bits per heavy atom. The number of nitrogens with zero attached hydrogens (tertiary/aromatic N) is 3. The average molecular weight is 509 g/mol. The van der Waals surface area contributed by atoms with Gasteiger partial charge in [0.15, 0.2) is 17.6 Å². The molecular formula is C27H32N4O6. The molecule has 1 aromatic heterocycles. The summed E-state index contributed by atoms with van der Waals surface area (Å²) in [5.74, 6) is 0.548. The minimum atomic E-state index is -1.28. The first kappa shape index (κ1) is 24.0. The molecule has 10 nitrogen and oxygen atoms in total. The van der Waals surface area contributed by atoms with Crippen LogP contribution in [-0.2, 0) is 16.6 Å². The molecule has 1 saturated heterocycles. The van der Waals surface area contributed by atoms with Crippen molar-refractivity contribution in [3.8, 4) is 17.4 Å². The van der Waals surface area contributed by atoms with Gasteiger partial charge < -0.3 is 30.1 Å². The lowest BCUT2D eigenvalue weighted by molar-refractivity contribution is -0.153. The van der Waals surface area contributed by atoms with E-state index in [9.17, 15) is 20.1 Å². The molecule has 0 unspecified atom stereocenters. The fourth-order valence-electron chi connectivity index (χ4n) is 6.62. The van der Waals surface area contributed by atoms with Gasteiger partial charge >= 0.3 is 0 Å². The van der Waals surface area contributed by atoms with E-state index in [4.69, 9.17) is 9.47 Å². The van der Waals surface area contributed by atoms with Crippen LogP contribution in [0.15, 0.2) is 35.9 Å². The Morgan fingerprint density at radius 2 is 2.11 bits per heavy atom. The van der Waals surface area contributed by atoms with Gasteiger partial charge in [-0.25, -0.2) is 9.97 Å². The molecule has 2 fully saturated rings. The second kappa shape index (κ2) is 8.32. The molecule has 4 aliphatic rings. The van der Waals surface area contributed by atoms with E-state index in [2.05, 4.69) is 20.2 Å². The molecule has 2 aliphatic heterocycles. The molecule has 10 heteroatoms. The van der Waals surface area contributed by atoms with Gasteiger partial charge in [-0.2, -0.15) is 0 Å². The van der Waals surface area contributed by atoms with Gasteiger partial charge in [-0.3, -0.25) is 9.69 Å². The summed E-state index contributed by atoms with van der Waals surface area (Å²) in [4.78, 5) is 23.5. The monoisotopic (exact) mass is 508 g/mol. The number of ether oxygens (including phenoxy) is 2. The normalized spacial score (nSPS) is 30.7. The number of anilines is 1. The minimum absolute atomic E-state index is 0.0316.